The smallest absolute Gasteiger partial charge is 0.146 e. The summed E-state index contributed by atoms with van der Waals surface area (Å²) in [5, 5.41) is 7.61. The molecule has 1 aromatic carbocycles. The van der Waals surface area contributed by atoms with E-state index >= 15 is 0 Å². The third kappa shape index (κ3) is 3.32. The van der Waals surface area contributed by atoms with Crippen molar-refractivity contribution in [3.63, 3.8) is 0 Å². The van der Waals surface area contributed by atoms with E-state index in [9.17, 15) is 0 Å². The molecule has 2 rings (SSSR count). The van der Waals surface area contributed by atoms with Crippen LogP contribution in [0.15, 0.2) is 30.6 Å². The average Bonchev–Trinajstić information content (AvgIpc) is 2.75. The van der Waals surface area contributed by atoms with Crippen molar-refractivity contribution in [1.82, 2.24) is 14.8 Å². The number of benzene rings is 1. The number of rotatable bonds is 5. The molecule has 0 bridgehead atoms. The van der Waals surface area contributed by atoms with Gasteiger partial charge < -0.3 is 5.32 Å². The first-order chi connectivity index (χ1) is 8.65. The Kier molecular flexibility index (Phi) is 3.97. The van der Waals surface area contributed by atoms with E-state index in [4.69, 9.17) is 0 Å². The molecule has 0 aliphatic heterocycles. The standard InChI is InChI=1S/C14H20N4/c1-11(2)9-18-14(16-10-17-18)8-15-13-6-4-12(3)5-7-13/h4-7,10-11,15H,8-9H2,1-3H3. The largest absolute Gasteiger partial charge is 0.378 e. The fraction of sp³-hybridized carbons (Fsp3) is 0.429. The fourth-order valence-electron chi connectivity index (χ4n) is 1.78. The number of hydrogen-bond donors (Lipinski definition) is 1. The second kappa shape index (κ2) is 5.67. The Morgan fingerprint density at radius 3 is 2.61 bits per heavy atom. The Morgan fingerprint density at radius 1 is 1.22 bits per heavy atom. The van der Waals surface area contributed by atoms with Gasteiger partial charge in [0.15, 0.2) is 0 Å². The number of hydrogen-bond acceptors (Lipinski definition) is 3. The van der Waals surface area contributed by atoms with Gasteiger partial charge in [0.2, 0.25) is 0 Å². The summed E-state index contributed by atoms with van der Waals surface area (Å²) in [7, 11) is 0. The lowest BCUT2D eigenvalue weighted by molar-refractivity contribution is 0.468. The van der Waals surface area contributed by atoms with E-state index in [-0.39, 0.29) is 0 Å². The maximum absolute atomic E-state index is 4.29. The summed E-state index contributed by atoms with van der Waals surface area (Å²) in [6.45, 7) is 8.06. The van der Waals surface area contributed by atoms with E-state index in [2.05, 4.69) is 60.4 Å². The monoisotopic (exact) mass is 244 g/mol. The summed E-state index contributed by atoms with van der Waals surface area (Å²) < 4.78 is 1.96. The summed E-state index contributed by atoms with van der Waals surface area (Å²) in [4.78, 5) is 4.29. The number of aromatic nitrogens is 3. The van der Waals surface area contributed by atoms with Gasteiger partial charge in [-0.05, 0) is 25.0 Å². The van der Waals surface area contributed by atoms with E-state index in [1.54, 1.807) is 6.33 Å². The molecule has 0 saturated carbocycles. The number of aryl methyl sites for hydroxylation is 1. The molecule has 0 aliphatic rings. The Morgan fingerprint density at radius 2 is 1.94 bits per heavy atom. The summed E-state index contributed by atoms with van der Waals surface area (Å²) in [6.07, 6.45) is 1.62. The summed E-state index contributed by atoms with van der Waals surface area (Å²) in [5.41, 5.74) is 2.38. The highest BCUT2D eigenvalue weighted by Crippen LogP contribution is 2.10. The zero-order valence-corrected chi connectivity index (χ0v) is 11.2. The van der Waals surface area contributed by atoms with Crippen molar-refractivity contribution >= 4 is 5.69 Å². The zero-order valence-electron chi connectivity index (χ0n) is 11.2. The lowest BCUT2D eigenvalue weighted by atomic mass is 10.2. The molecule has 0 saturated heterocycles. The second-order valence-corrected chi connectivity index (χ2v) is 4.97. The van der Waals surface area contributed by atoms with E-state index in [0.717, 1.165) is 18.1 Å². The van der Waals surface area contributed by atoms with Crippen molar-refractivity contribution in [3.05, 3.63) is 42.0 Å². The van der Waals surface area contributed by atoms with Crippen LogP contribution >= 0.6 is 0 Å². The normalized spacial score (nSPS) is 10.9. The molecular weight excluding hydrogens is 224 g/mol. The zero-order chi connectivity index (χ0) is 13.0. The van der Waals surface area contributed by atoms with E-state index in [1.165, 1.54) is 5.56 Å². The first kappa shape index (κ1) is 12.6. The van der Waals surface area contributed by atoms with Gasteiger partial charge in [-0.25, -0.2) is 9.67 Å². The van der Waals surface area contributed by atoms with E-state index in [0.29, 0.717) is 12.5 Å². The molecule has 0 amide bonds. The minimum Gasteiger partial charge on any atom is -0.378 e. The van der Waals surface area contributed by atoms with Crippen molar-refractivity contribution in [2.45, 2.75) is 33.9 Å². The molecule has 96 valence electrons. The van der Waals surface area contributed by atoms with Crippen LogP contribution in [0.2, 0.25) is 0 Å². The van der Waals surface area contributed by atoms with Gasteiger partial charge in [-0.2, -0.15) is 5.10 Å². The summed E-state index contributed by atoms with van der Waals surface area (Å²) in [6, 6.07) is 8.36. The molecule has 0 atom stereocenters. The van der Waals surface area contributed by atoms with Crippen LogP contribution in [0.25, 0.3) is 0 Å². The van der Waals surface area contributed by atoms with Gasteiger partial charge in [-0.3, -0.25) is 0 Å². The molecule has 2 aromatic rings. The molecule has 18 heavy (non-hydrogen) atoms. The molecular formula is C14H20N4. The predicted octanol–water partition coefficient (Wildman–Crippen LogP) is 2.85. The highest BCUT2D eigenvalue weighted by Gasteiger charge is 2.05. The van der Waals surface area contributed by atoms with Gasteiger partial charge in [-0.1, -0.05) is 31.5 Å². The lowest BCUT2D eigenvalue weighted by Gasteiger charge is -2.10. The Labute approximate surface area is 108 Å². The topological polar surface area (TPSA) is 42.7 Å². The predicted molar refractivity (Wildman–Crippen MR) is 73.4 cm³/mol. The molecule has 1 N–H and O–H groups in total. The SMILES string of the molecule is Cc1ccc(NCc2ncnn2CC(C)C)cc1. The van der Waals surface area contributed by atoms with Crippen LogP contribution in [0.3, 0.4) is 0 Å². The van der Waals surface area contributed by atoms with Crippen LogP contribution in [-0.2, 0) is 13.1 Å². The maximum Gasteiger partial charge on any atom is 0.146 e. The molecule has 4 heteroatoms. The minimum absolute atomic E-state index is 0.574. The first-order valence-electron chi connectivity index (χ1n) is 6.32. The summed E-state index contributed by atoms with van der Waals surface area (Å²) >= 11 is 0. The van der Waals surface area contributed by atoms with Gasteiger partial charge in [0.25, 0.3) is 0 Å². The molecule has 0 unspecified atom stereocenters. The molecule has 0 radical (unpaired) electrons. The number of nitrogens with zero attached hydrogens (tertiary/aromatic N) is 3. The molecule has 0 fully saturated rings. The average molecular weight is 244 g/mol. The molecule has 1 heterocycles. The van der Waals surface area contributed by atoms with Crippen molar-refractivity contribution in [2.75, 3.05) is 5.32 Å². The van der Waals surface area contributed by atoms with Crippen molar-refractivity contribution in [2.24, 2.45) is 5.92 Å². The maximum atomic E-state index is 4.29. The quantitative estimate of drug-likeness (QED) is 0.879. The summed E-state index contributed by atoms with van der Waals surface area (Å²) in [5.74, 6) is 1.55. The highest BCUT2D eigenvalue weighted by atomic mass is 15.3. The van der Waals surface area contributed by atoms with Crippen molar-refractivity contribution < 1.29 is 0 Å². The third-order valence-corrected chi connectivity index (χ3v) is 2.74. The molecule has 4 nitrogen and oxygen atoms in total. The Hall–Kier alpha value is -1.84. The van der Waals surface area contributed by atoms with Crippen molar-refractivity contribution in [3.8, 4) is 0 Å². The molecule has 1 aromatic heterocycles. The van der Waals surface area contributed by atoms with Crippen LogP contribution in [-0.4, -0.2) is 14.8 Å². The minimum atomic E-state index is 0.574. The van der Waals surface area contributed by atoms with Gasteiger partial charge in [0, 0.05) is 12.2 Å². The van der Waals surface area contributed by atoms with Crippen LogP contribution < -0.4 is 5.32 Å². The fourth-order valence-corrected chi connectivity index (χ4v) is 1.78. The van der Waals surface area contributed by atoms with Crippen LogP contribution in [0.4, 0.5) is 5.69 Å². The number of anilines is 1. The molecule has 0 aliphatic carbocycles. The van der Waals surface area contributed by atoms with Crippen molar-refractivity contribution in [1.29, 1.82) is 0 Å². The Balaban J connectivity index is 1.97. The van der Waals surface area contributed by atoms with Crippen LogP contribution in [0.1, 0.15) is 25.2 Å². The highest BCUT2D eigenvalue weighted by molar-refractivity contribution is 5.44. The third-order valence-electron chi connectivity index (χ3n) is 2.74. The molecule has 0 spiro atoms. The lowest BCUT2D eigenvalue weighted by Crippen LogP contribution is -2.13. The van der Waals surface area contributed by atoms with Crippen LogP contribution in [0, 0.1) is 12.8 Å². The second-order valence-electron chi connectivity index (χ2n) is 4.97. The van der Waals surface area contributed by atoms with Crippen LogP contribution in [0.5, 0.6) is 0 Å². The van der Waals surface area contributed by atoms with E-state index in [1.807, 2.05) is 4.68 Å². The first-order valence-corrected chi connectivity index (χ1v) is 6.32. The van der Waals surface area contributed by atoms with Gasteiger partial charge in [0.05, 0.1) is 6.54 Å². The Bertz CT molecular complexity index is 485. The van der Waals surface area contributed by atoms with E-state index < -0.39 is 0 Å². The number of nitrogens with one attached hydrogen (secondary N) is 1. The van der Waals surface area contributed by atoms with Gasteiger partial charge in [0.1, 0.15) is 12.2 Å². The van der Waals surface area contributed by atoms with Gasteiger partial charge in [-0.15, -0.1) is 0 Å². The van der Waals surface area contributed by atoms with Gasteiger partial charge >= 0.3 is 0 Å².